The van der Waals surface area contributed by atoms with Crippen molar-refractivity contribution in [3.63, 3.8) is 0 Å². The van der Waals surface area contributed by atoms with Gasteiger partial charge in [0.2, 0.25) is 0 Å². The predicted octanol–water partition coefficient (Wildman–Crippen LogP) is 6.15. The van der Waals surface area contributed by atoms with Crippen molar-refractivity contribution >= 4 is 0 Å². The first-order valence-corrected chi connectivity index (χ1v) is 9.53. The molecule has 0 heterocycles. The molecule has 1 rings (SSSR count). The van der Waals surface area contributed by atoms with Gasteiger partial charge < -0.3 is 5.11 Å². The van der Waals surface area contributed by atoms with Crippen molar-refractivity contribution in [3.05, 3.63) is 27.8 Å². The van der Waals surface area contributed by atoms with Crippen molar-refractivity contribution in [2.45, 2.75) is 98.8 Å². The minimum Gasteiger partial charge on any atom is -0.507 e. The molecule has 0 aliphatic heterocycles. The molecule has 0 aromatic heterocycles. The molecule has 1 N–H and O–H groups in total. The monoisotopic (exact) mass is 304 g/mol. The topological polar surface area (TPSA) is 20.2 Å². The number of hydrogen-bond donors (Lipinski definition) is 1. The molecule has 1 nitrogen and oxygen atoms in total. The molecule has 0 amide bonds. The fourth-order valence-corrected chi connectivity index (χ4v) is 3.71. The molecule has 0 aliphatic carbocycles. The summed E-state index contributed by atoms with van der Waals surface area (Å²) in [7, 11) is 0. The summed E-state index contributed by atoms with van der Waals surface area (Å²) in [5.41, 5.74) is 7.06. The van der Waals surface area contributed by atoms with E-state index in [0.717, 1.165) is 51.4 Å². The molecule has 0 spiro atoms. The predicted molar refractivity (Wildman–Crippen MR) is 98.1 cm³/mol. The zero-order valence-corrected chi connectivity index (χ0v) is 15.5. The normalized spacial score (nSPS) is 11.1. The van der Waals surface area contributed by atoms with Crippen molar-refractivity contribution in [2.75, 3.05) is 0 Å². The third-order valence-corrected chi connectivity index (χ3v) is 4.53. The lowest BCUT2D eigenvalue weighted by atomic mass is 9.82. The van der Waals surface area contributed by atoms with Crippen LogP contribution < -0.4 is 0 Å². The van der Waals surface area contributed by atoms with Gasteiger partial charge in [-0.25, -0.2) is 0 Å². The second kappa shape index (κ2) is 9.92. The summed E-state index contributed by atoms with van der Waals surface area (Å²) in [5.74, 6) is 0.635. The average molecular weight is 305 g/mol. The minimum absolute atomic E-state index is 0.635. The summed E-state index contributed by atoms with van der Waals surface area (Å²) in [4.78, 5) is 0. The summed E-state index contributed by atoms with van der Waals surface area (Å²) in [6, 6.07) is 0. The highest BCUT2D eigenvalue weighted by molar-refractivity contribution is 5.56. The molecule has 0 bridgehead atoms. The van der Waals surface area contributed by atoms with Gasteiger partial charge in [-0.15, -0.1) is 0 Å². The van der Waals surface area contributed by atoms with Crippen molar-refractivity contribution in [1.82, 2.24) is 0 Å². The largest absolute Gasteiger partial charge is 0.507 e. The second-order valence-electron chi connectivity index (χ2n) is 6.49. The van der Waals surface area contributed by atoms with Gasteiger partial charge in [-0.05, 0) is 59.9 Å². The smallest absolute Gasteiger partial charge is 0.122 e. The van der Waals surface area contributed by atoms with E-state index in [1.165, 1.54) is 35.1 Å². The van der Waals surface area contributed by atoms with Crippen LogP contribution in [0, 0.1) is 0 Å². The first kappa shape index (κ1) is 19.1. The summed E-state index contributed by atoms with van der Waals surface area (Å²) < 4.78 is 0. The number of phenols is 1. The van der Waals surface area contributed by atoms with E-state index in [2.05, 4.69) is 34.6 Å². The Hall–Kier alpha value is -0.980. The molecule has 0 radical (unpaired) electrons. The van der Waals surface area contributed by atoms with E-state index in [1.54, 1.807) is 5.56 Å². The van der Waals surface area contributed by atoms with Gasteiger partial charge in [0.05, 0.1) is 0 Å². The molecule has 1 heteroatoms. The Morgan fingerprint density at radius 2 is 0.682 bits per heavy atom. The highest BCUT2D eigenvalue weighted by Gasteiger charge is 2.21. The second-order valence-corrected chi connectivity index (χ2v) is 6.49. The van der Waals surface area contributed by atoms with Crippen LogP contribution >= 0.6 is 0 Å². The van der Waals surface area contributed by atoms with Crippen LogP contribution in [0.3, 0.4) is 0 Å². The minimum atomic E-state index is 0.635. The van der Waals surface area contributed by atoms with Crippen molar-refractivity contribution in [3.8, 4) is 5.75 Å². The number of phenolic OH excluding ortho intramolecular Hbond substituents is 1. The fraction of sp³-hybridized carbons (Fsp3) is 0.714. The van der Waals surface area contributed by atoms with Gasteiger partial charge in [0.25, 0.3) is 0 Å². The third-order valence-electron chi connectivity index (χ3n) is 4.53. The maximum absolute atomic E-state index is 11.0. The lowest BCUT2D eigenvalue weighted by Gasteiger charge is -2.24. The first-order chi connectivity index (χ1) is 10.7. The third kappa shape index (κ3) is 4.27. The molecule has 1 aromatic carbocycles. The van der Waals surface area contributed by atoms with Gasteiger partial charge in [0, 0.05) is 0 Å². The molecule has 0 saturated carbocycles. The summed E-state index contributed by atoms with van der Waals surface area (Å²) in [6.45, 7) is 11.2. The van der Waals surface area contributed by atoms with Crippen molar-refractivity contribution in [2.24, 2.45) is 0 Å². The van der Waals surface area contributed by atoms with Crippen LogP contribution in [0.4, 0.5) is 0 Å². The molecule has 1 aromatic rings. The van der Waals surface area contributed by atoms with E-state index in [4.69, 9.17) is 0 Å². The van der Waals surface area contributed by atoms with Gasteiger partial charge >= 0.3 is 0 Å². The van der Waals surface area contributed by atoms with E-state index in [0.29, 0.717) is 5.75 Å². The molecule has 0 fully saturated rings. The Bertz CT molecular complexity index is 422. The number of benzene rings is 1. The first-order valence-electron chi connectivity index (χ1n) is 9.53. The SMILES string of the molecule is CCCc1c(O)c(CCC)c(CCC)c(CCC)c1CCC. The highest BCUT2D eigenvalue weighted by atomic mass is 16.3. The lowest BCUT2D eigenvalue weighted by Crippen LogP contribution is -2.10. The van der Waals surface area contributed by atoms with E-state index in [-0.39, 0.29) is 0 Å². The molecule has 0 saturated heterocycles. The van der Waals surface area contributed by atoms with Gasteiger partial charge in [0.1, 0.15) is 5.75 Å². The Morgan fingerprint density at radius 3 is 0.955 bits per heavy atom. The zero-order valence-electron chi connectivity index (χ0n) is 15.5. The van der Waals surface area contributed by atoms with Crippen LogP contribution in [-0.4, -0.2) is 5.11 Å². The number of aromatic hydroxyl groups is 1. The summed E-state index contributed by atoms with van der Waals surface area (Å²) in [5, 5.41) is 11.0. The highest BCUT2D eigenvalue weighted by Crippen LogP contribution is 2.37. The number of rotatable bonds is 10. The van der Waals surface area contributed by atoms with Crippen LogP contribution in [0.2, 0.25) is 0 Å². The Kier molecular flexibility index (Phi) is 8.60. The Morgan fingerprint density at radius 1 is 0.455 bits per heavy atom. The quantitative estimate of drug-likeness (QED) is 0.549. The van der Waals surface area contributed by atoms with Gasteiger partial charge in [-0.3, -0.25) is 0 Å². The molecular weight excluding hydrogens is 268 g/mol. The maximum Gasteiger partial charge on any atom is 0.122 e. The number of hydrogen-bond acceptors (Lipinski definition) is 1. The van der Waals surface area contributed by atoms with Gasteiger partial charge in [0.15, 0.2) is 0 Å². The molecular formula is C21H36O. The van der Waals surface area contributed by atoms with Crippen LogP contribution in [-0.2, 0) is 32.1 Å². The van der Waals surface area contributed by atoms with E-state index < -0.39 is 0 Å². The summed E-state index contributed by atoms with van der Waals surface area (Å²) >= 11 is 0. The fourth-order valence-electron chi connectivity index (χ4n) is 3.71. The van der Waals surface area contributed by atoms with Crippen LogP contribution in [0.1, 0.15) is 94.5 Å². The average Bonchev–Trinajstić information content (AvgIpc) is 2.51. The van der Waals surface area contributed by atoms with Gasteiger partial charge in [-0.2, -0.15) is 0 Å². The van der Waals surface area contributed by atoms with E-state index >= 15 is 0 Å². The van der Waals surface area contributed by atoms with Crippen molar-refractivity contribution < 1.29 is 5.11 Å². The standard InChI is InChI=1S/C21H36O/c1-6-11-16-17(12-7-2)19(14-9-4)21(22)20(15-10-5)18(16)13-8-3/h22H,6-15H2,1-5H3. The summed E-state index contributed by atoms with van der Waals surface area (Å²) in [6.07, 6.45) is 11.1. The van der Waals surface area contributed by atoms with Crippen LogP contribution in [0.5, 0.6) is 5.75 Å². The zero-order chi connectivity index (χ0) is 16.5. The molecule has 0 unspecified atom stereocenters. The Balaban J connectivity index is 3.62. The molecule has 126 valence electrons. The molecule has 0 aliphatic rings. The van der Waals surface area contributed by atoms with Crippen LogP contribution in [0.15, 0.2) is 0 Å². The maximum atomic E-state index is 11.0. The van der Waals surface area contributed by atoms with E-state index in [9.17, 15) is 5.11 Å². The lowest BCUT2D eigenvalue weighted by molar-refractivity contribution is 0.456. The van der Waals surface area contributed by atoms with Crippen LogP contribution in [0.25, 0.3) is 0 Å². The van der Waals surface area contributed by atoms with Gasteiger partial charge in [-0.1, -0.05) is 66.7 Å². The molecule has 0 atom stereocenters. The van der Waals surface area contributed by atoms with Crippen molar-refractivity contribution in [1.29, 1.82) is 0 Å². The Labute approximate surface area is 138 Å². The van der Waals surface area contributed by atoms with E-state index in [1.807, 2.05) is 0 Å². The molecule has 22 heavy (non-hydrogen) atoms.